The van der Waals surface area contributed by atoms with E-state index in [1.165, 1.54) is 0 Å². The summed E-state index contributed by atoms with van der Waals surface area (Å²) in [5.74, 6) is -0.0491. The fourth-order valence-corrected chi connectivity index (χ4v) is 1.93. The van der Waals surface area contributed by atoms with Crippen molar-refractivity contribution in [1.29, 1.82) is 0 Å². The van der Waals surface area contributed by atoms with Gasteiger partial charge in [0.1, 0.15) is 0 Å². The molecule has 2 rings (SSSR count). The second kappa shape index (κ2) is 6.68. The Morgan fingerprint density at radius 1 is 1.20 bits per heavy atom. The number of benzene rings is 2. The molecule has 0 unspecified atom stereocenters. The van der Waals surface area contributed by atoms with Crippen molar-refractivity contribution >= 4 is 17.5 Å². The average Bonchev–Trinajstić information content (AvgIpc) is 2.49. The fourth-order valence-electron chi connectivity index (χ4n) is 1.93. The molecule has 20 heavy (non-hydrogen) atoms. The van der Waals surface area contributed by atoms with E-state index in [-0.39, 0.29) is 5.78 Å². The molecule has 0 aliphatic heterocycles. The number of anilines is 1. The molecule has 0 aliphatic carbocycles. The highest BCUT2D eigenvalue weighted by molar-refractivity contribution is 6.12. The molecule has 102 valence electrons. The van der Waals surface area contributed by atoms with E-state index in [0.717, 1.165) is 12.1 Å². The average molecular weight is 266 g/mol. The number of hydrogen-bond acceptors (Lipinski definition) is 3. The van der Waals surface area contributed by atoms with Crippen molar-refractivity contribution in [2.24, 2.45) is 0 Å². The van der Waals surface area contributed by atoms with Gasteiger partial charge in [0.15, 0.2) is 5.78 Å². The molecule has 3 nitrogen and oxygen atoms in total. The van der Waals surface area contributed by atoms with Gasteiger partial charge in [0.05, 0.1) is 0 Å². The van der Waals surface area contributed by atoms with Gasteiger partial charge < -0.3 is 11.1 Å². The summed E-state index contributed by atoms with van der Waals surface area (Å²) < 4.78 is 0. The number of nitrogen functional groups attached to an aromatic ring is 1. The van der Waals surface area contributed by atoms with Gasteiger partial charge in [0, 0.05) is 23.4 Å². The zero-order chi connectivity index (χ0) is 14.4. The second-order valence-electron chi connectivity index (χ2n) is 4.50. The lowest BCUT2D eigenvalue weighted by atomic mass is 9.99. The van der Waals surface area contributed by atoms with E-state index in [9.17, 15) is 4.79 Å². The molecule has 0 saturated heterocycles. The summed E-state index contributed by atoms with van der Waals surface area (Å²) in [6, 6.07) is 14.7. The Kier molecular flexibility index (Phi) is 4.69. The summed E-state index contributed by atoms with van der Waals surface area (Å²) >= 11 is 0. The van der Waals surface area contributed by atoms with Crippen molar-refractivity contribution < 1.29 is 4.79 Å². The maximum Gasteiger partial charge on any atom is 0.195 e. The first-order chi connectivity index (χ1) is 9.72. The predicted molar refractivity (Wildman–Crippen MR) is 83.7 cm³/mol. The van der Waals surface area contributed by atoms with Gasteiger partial charge in [-0.3, -0.25) is 4.79 Å². The van der Waals surface area contributed by atoms with Crippen LogP contribution in [0, 0.1) is 0 Å². The highest BCUT2D eigenvalue weighted by Crippen LogP contribution is 2.19. The first kappa shape index (κ1) is 14.0. The Hall–Kier alpha value is -2.39. The maximum absolute atomic E-state index is 12.4. The van der Waals surface area contributed by atoms with Crippen molar-refractivity contribution in [3.8, 4) is 0 Å². The standard InChI is InChI=1S/C17H18N2O/c1-19-11-5-6-13-9-10-16(18)15(12-13)17(20)14-7-3-2-4-8-14/h2-10,12,19H,11,18H2,1H3. The molecule has 0 amide bonds. The third-order valence-corrected chi connectivity index (χ3v) is 2.99. The number of nitrogens with two attached hydrogens (primary N) is 1. The molecule has 3 heteroatoms. The minimum Gasteiger partial charge on any atom is -0.398 e. The maximum atomic E-state index is 12.4. The summed E-state index contributed by atoms with van der Waals surface area (Å²) in [4.78, 5) is 12.4. The highest BCUT2D eigenvalue weighted by atomic mass is 16.1. The van der Waals surface area contributed by atoms with Crippen LogP contribution < -0.4 is 11.1 Å². The number of ketones is 1. The normalized spacial score (nSPS) is 10.8. The van der Waals surface area contributed by atoms with Crippen molar-refractivity contribution in [2.75, 3.05) is 19.3 Å². The zero-order valence-electron chi connectivity index (χ0n) is 11.5. The summed E-state index contributed by atoms with van der Waals surface area (Å²) in [6.07, 6.45) is 3.97. The Bertz CT molecular complexity index is 618. The van der Waals surface area contributed by atoms with Crippen LogP contribution in [0.2, 0.25) is 0 Å². The van der Waals surface area contributed by atoms with Crippen LogP contribution >= 0.6 is 0 Å². The molecule has 0 radical (unpaired) electrons. The lowest BCUT2D eigenvalue weighted by molar-refractivity contribution is 0.103. The van der Waals surface area contributed by atoms with E-state index in [1.54, 1.807) is 18.2 Å². The van der Waals surface area contributed by atoms with Crippen LogP contribution in [0.25, 0.3) is 6.08 Å². The number of rotatable bonds is 5. The van der Waals surface area contributed by atoms with Gasteiger partial charge in [0.2, 0.25) is 0 Å². The van der Waals surface area contributed by atoms with Crippen molar-refractivity contribution in [3.63, 3.8) is 0 Å². The molecule has 2 aromatic carbocycles. The van der Waals surface area contributed by atoms with Gasteiger partial charge in [-0.25, -0.2) is 0 Å². The molecule has 2 aromatic rings. The summed E-state index contributed by atoms with van der Waals surface area (Å²) in [5.41, 5.74) is 8.59. The number of nitrogens with one attached hydrogen (secondary N) is 1. The van der Waals surface area contributed by atoms with Crippen LogP contribution in [0.1, 0.15) is 21.5 Å². The largest absolute Gasteiger partial charge is 0.398 e. The van der Waals surface area contributed by atoms with Gasteiger partial charge in [-0.1, -0.05) is 48.6 Å². The van der Waals surface area contributed by atoms with Crippen molar-refractivity contribution in [1.82, 2.24) is 5.32 Å². The first-order valence-electron chi connectivity index (χ1n) is 6.53. The van der Waals surface area contributed by atoms with Gasteiger partial charge in [-0.2, -0.15) is 0 Å². The smallest absolute Gasteiger partial charge is 0.195 e. The molecular weight excluding hydrogens is 248 g/mol. The van der Waals surface area contributed by atoms with E-state index < -0.39 is 0 Å². The van der Waals surface area contributed by atoms with Crippen LogP contribution in [-0.2, 0) is 0 Å². The fraction of sp³-hybridized carbons (Fsp3) is 0.118. The molecule has 0 heterocycles. The molecule has 0 aliphatic rings. The van der Waals surface area contributed by atoms with Crippen LogP contribution in [0.3, 0.4) is 0 Å². The van der Waals surface area contributed by atoms with Crippen LogP contribution in [0.5, 0.6) is 0 Å². The summed E-state index contributed by atoms with van der Waals surface area (Å²) in [6.45, 7) is 0.784. The van der Waals surface area contributed by atoms with Gasteiger partial charge in [0.25, 0.3) is 0 Å². The second-order valence-corrected chi connectivity index (χ2v) is 4.50. The molecule has 0 saturated carbocycles. The number of carbonyl (C=O) groups is 1. The van der Waals surface area contributed by atoms with Gasteiger partial charge >= 0.3 is 0 Å². The summed E-state index contributed by atoms with van der Waals surface area (Å²) in [7, 11) is 1.89. The van der Waals surface area contributed by atoms with Crippen molar-refractivity contribution in [3.05, 3.63) is 71.3 Å². The molecule has 3 N–H and O–H groups in total. The number of carbonyl (C=O) groups excluding carboxylic acids is 1. The van der Waals surface area contributed by atoms with E-state index in [4.69, 9.17) is 5.73 Å². The monoisotopic (exact) mass is 266 g/mol. The molecular formula is C17H18N2O. The van der Waals surface area contributed by atoms with E-state index in [0.29, 0.717) is 16.8 Å². The van der Waals surface area contributed by atoms with E-state index >= 15 is 0 Å². The lowest BCUT2D eigenvalue weighted by Crippen LogP contribution is -2.06. The van der Waals surface area contributed by atoms with E-state index in [1.807, 2.05) is 49.5 Å². The minimum absolute atomic E-state index is 0.0491. The molecule has 0 aromatic heterocycles. The SMILES string of the molecule is CNCC=Cc1ccc(N)c(C(=O)c2ccccc2)c1. The zero-order valence-corrected chi connectivity index (χ0v) is 11.5. The number of hydrogen-bond donors (Lipinski definition) is 2. The Morgan fingerprint density at radius 2 is 1.95 bits per heavy atom. The topological polar surface area (TPSA) is 55.1 Å². The summed E-state index contributed by atoms with van der Waals surface area (Å²) in [5, 5.41) is 3.03. The molecule has 0 atom stereocenters. The number of likely N-dealkylation sites (N-methyl/N-ethyl adjacent to an activating group) is 1. The molecule has 0 fully saturated rings. The lowest BCUT2D eigenvalue weighted by Gasteiger charge is -2.06. The van der Waals surface area contributed by atoms with Crippen LogP contribution in [-0.4, -0.2) is 19.4 Å². The Balaban J connectivity index is 2.31. The first-order valence-corrected chi connectivity index (χ1v) is 6.53. The molecule has 0 spiro atoms. The highest BCUT2D eigenvalue weighted by Gasteiger charge is 2.12. The van der Waals surface area contributed by atoms with Crippen LogP contribution in [0.15, 0.2) is 54.6 Å². The quantitative estimate of drug-likeness (QED) is 0.646. The predicted octanol–water partition coefficient (Wildman–Crippen LogP) is 2.73. The van der Waals surface area contributed by atoms with E-state index in [2.05, 4.69) is 5.32 Å². The van der Waals surface area contributed by atoms with Gasteiger partial charge in [-0.15, -0.1) is 0 Å². The Labute approximate surface area is 119 Å². The third kappa shape index (κ3) is 3.33. The molecule has 0 bridgehead atoms. The van der Waals surface area contributed by atoms with Crippen molar-refractivity contribution in [2.45, 2.75) is 0 Å². The third-order valence-electron chi connectivity index (χ3n) is 2.99. The van der Waals surface area contributed by atoms with Gasteiger partial charge in [-0.05, 0) is 24.7 Å². The Morgan fingerprint density at radius 3 is 2.65 bits per heavy atom. The minimum atomic E-state index is -0.0491. The van der Waals surface area contributed by atoms with Crippen LogP contribution in [0.4, 0.5) is 5.69 Å².